The third kappa shape index (κ3) is 3.00. The van der Waals surface area contributed by atoms with Gasteiger partial charge in [-0.15, -0.1) is 9.24 Å². The van der Waals surface area contributed by atoms with E-state index in [0.29, 0.717) is 0 Å². The van der Waals surface area contributed by atoms with Crippen LogP contribution in [0, 0.1) is 6.92 Å². The van der Waals surface area contributed by atoms with Gasteiger partial charge in [0.2, 0.25) is 0 Å². The van der Waals surface area contributed by atoms with Crippen LogP contribution < -0.4 is 5.30 Å². The van der Waals surface area contributed by atoms with Crippen molar-refractivity contribution in [2.75, 3.05) is 0 Å². The van der Waals surface area contributed by atoms with Gasteiger partial charge in [-0.05, 0) is 47.3 Å². The Hall–Kier alpha value is -1.13. The Morgan fingerprint density at radius 3 is 2.39 bits per heavy atom. The molecule has 2 aromatic carbocycles. The summed E-state index contributed by atoms with van der Waals surface area (Å²) in [6.07, 6.45) is 3.73. The van der Waals surface area contributed by atoms with Crippen LogP contribution in [0.2, 0.25) is 0 Å². The van der Waals surface area contributed by atoms with Crippen molar-refractivity contribution in [1.82, 2.24) is 0 Å². The number of hydrogen-bond donors (Lipinski definition) is 0. The highest BCUT2D eigenvalue weighted by molar-refractivity contribution is 7.28. The summed E-state index contributed by atoms with van der Waals surface area (Å²) in [6, 6.07) is 15.5. The van der Waals surface area contributed by atoms with Gasteiger partial charge in [-0.2, -0.15) is 0 Å². The lowest BCUT2D eigenvalue weighted by Gasteiger charge is -2.09. The normalized spacial score (nSPS) is 10.6. The smallest absolute Gasteiger partial charge is 0.0110 e. The number of unbranched alkanes of at least 4 members (excludes halogenated alkanes) is 1. The van der Waals surface area contributed by atoms with Crippen molar-refractivity contribution in [3.63, 3.8) is 0 Å². The third-order valence-corrected chi connectivity index (χ3v) is 4.17. The van der Waals surface area contributed by atoms with Crippen LogP contribution >= 0.6 is 9.24 Å². The molecule has 0 heterocycles. The Morgan fingerprint density at radius 1 is 1.00 bits per heavy atom. The summed E-state index contributed by atoms with van der Waals surface area (Å²) in [7, 11) is 2.86. The Kier molecular flexibility index (Phi) is 4.55. The first kappa shape index (κ1) is 13.3. The molecule has 0 saturated carbocycles. The highest BCUT2D eigenvalue weighted by Gasteiger charge is 2.03. The van der Waals surface area contributed by atoms with Crippen LogP contribution in [0.15, 0.2) is 42.5 Å². The van der Waals surface area contributed by atoms with E-state index in [9.17, 15) is 0 Å². The summed E-state index contributed by atoms with van der Waals surface area (Å²) in [5, 5.41) is 1.30. The zero-order chi connectivity index (χ0) is 13.0. The van der Waals surface area contributed by atoms with Crippen LogP contribution in [0.4, 0.5) is 0 Å². The van der Waals surface area contributed by atoms with Gasteiger partial charge in [0.15, 0.2) is 0 Å². The predicted molar refractivity (Wildman–Crippen MR) is 84.6 cm³/mol. The minimum atomic E-state index is 1.19. The molecular formula is C17H21P. The van der Waals surface area contributed by atoms with Crippen LogP contribution in [0.3, 0.4) is 0 Å². The Bertz CT molecular complexity index is 512. The molecule has 18 heavy (non-hydrogen) atoms. The molecule has 0 nitrogen and oxygen atoms in total. The van der Waals surface area contributed by atoms with Gasteiger partial charge in [-0.25, -0.2) is 0 Å². The zero-order valence-electron chi connectivity index (χ0n) is 11.2. The molecule has 0 saturated heterocycles. The fourth-order valence-corrected chi connectivity index (χ4v) is 2.52. The lowest BCUT2D eigenvalue weighted by Crippen LogP contribution is -2.01. The molecule has 0 aliphatic rings. The summed E-state index contributed by atoms with van der Waals surface area (Å²) >= 11 is 0. The average molecular weight is 256 g/mol. The van der Waals surface area contributed by atoms with Gasteiger partial charge in [-0.1, -0.05) is 55.8 Å². The van der Waals surface area contributed by atoms with Gasteiger partial charge >= 0.3 is 0 Å². The monoisotopic (exact) mass is 256 g/mol. The molecule has 0 aliphatic carbocycles. The van der Waals surface area contributed by atoms with Crippen LogP contribution in [-0.4, -0.2) is 0 Å². The molecule has 0 amide bonds. The molecule has 1 unspecified atom stereocenters. The second kappa shape index (κ2) is 6.16. The SMILES string of the molecule is CCCCc1ccc(-c2cccc(C)c2P)cc1. The quantitative estimate of drug-likeness (QED) is 0.706. The first-order chi connectivity index (χ1) is 8.72. The lowest BCUT2D eigenvalue weighted by molar-refractivity contribution is 0.795. The van der Waals surface area contributed by atoms with Crippen molar-refractivity contribution in [2.24, 2.45) is 0 Å². The first-order valence-electron chi connectivity index (χ1n) is 6.66. The van der Waals surface area contributed by atoms with E-state index in [1.807, 2.05) is 0 Å². The molecule has 2 rings (SSSR count). The van der Waals surface area contributed by atoms with Crippen LogP contribution in [0.1, 0.15) is 30.9 Å². The molecule has 1 atom stereocenters. The van der Waals surface area contributed by atoms with Gasteiger partial charge < -0.3 is 0 Å². The molecule has 0 aromatic heterocycles. The van der Waals surface area contributed by atoms with Crippen molar-refractivity contribution < 1.29 is 0 Å². The molecule has 0 aliphatic heterocycles. The van der Waals surface area contributed by atoms with E-state index in [0.717, 1.165) is 0 Å². The Morgan fingerprint density at radius 2 is 1.72 bits per heavy atom. The maximum absolute atomic E-state index is 2.86. The van der Waals surface area contributed by atoms with Crippen molar-refractivity contribution in [1.29, 1.82) is 0 Å². The fourth-order valence-electron chi connectivity index (χ4n) is 2.16. The van der Waals surface area contributed by atoms with E-state index in [4.69, 9.17) is 0 Å². The van der Waals surface area contributed by atoms with Crippen LogP contribution in [-0.2, 0) is 6.42 Å². The fraction of sp³-hybridized carbons (Fsp3) is 0.294. The van der Waals surface area contributed by atoms with Crippen molar-refractivity contribution >= 4 is 14.5 Å². The van der Waals surface area contributed by atoms with Gasteiger partial charge in [0, 0.05) is 0 Å². The van der Waals surface area contributed by atoms with E-state index in [1.54, 1.807) is 0 Å². The highest BCUT2D eigenvalue weighted by atomic mass is 31.0. The van der Waals surface area contributed by atoms with E-state index >= 15 is 0 Å². The first-order valence-corrected chi connectivity index (χ1v) is 7.24. The summed E-state index contributed by atoms with van der Waals surface area (Å²) in [4.78, 5) is 0. The Labute approximate surface area is 113 Å². The van der Waals surface area contributed by atoms with Gasteiger partial charge in [0.05, 0.1) is 0 Å². The summed E-state index contributed by atoms with van der Waals surface area (Å²) in [6.45, 7) is 4.39. The maximum Gasteiger partial charge on any atom is -0.0110 e. The second-order valence-corrected chi connectivity index (χ2v) is 5.41. The standard InChI is InChI=1S/C17H21P/c1-3-4-7-14-9-11-15(12-10-14)16-8-5-6-13(2)17(16)18/h5-6,8-12H,3-4,7,18H2,1-2H3. The zero-order valence-corrected chi connectivity index (χ0v) is 12.4. The Balaban J connectivity index is 2.26. The van der Waals surface area contributed by atoms with E-state index in [1.165, 1.54) is 46.8 Å². The lowest BCUT2D eigenvalue weighted by atomic mass is 10.0. The maximum atomic E-state index is 2.86. The summed E-state index contributed by atoms with van der Waals surface area (Å²) < 4.78 is 0. The molecule has 2 aromatic rings. The van der Waals surface area contributed by atoms with Crippen molar-refractivity contribution in [3.8, 4) is 11.1 Å². The number of rotatable bonds is 4. The number of benzene rings is 2. The van der Waals surface area contributed by atoms with E-state index in [-0.39, 0.29) is 0 Å². The highest BCUT2D eigenvalue weighted by Crippen LogP contribution is 2.21. The molecule has 0 N–H and O–H groups in total. The largest absolute Gasteiger partial charge is 0.105 e. The van der Waals surface area contributed by atoms with E-state index in [2.05, 4.69) is 65.6 Å². The number of hydrogen-bond acceptors (Lipinski definition) is 0. The minimum absolute atomic E-state index is 1.19. The predicted octanol–water partition coefficient (Wildman–Crippen LogP) is 4.51. The van der Waals surface area contributed by atoms with Crippen LogP contribution in [0.25, 0.3) is 11.1 Å². The molecule has 0 spiro atoms. The number of aryl methyl sites for hydroxylation is 2. The minimum Gasteiger partial charge on any atom is -0.105 e. The second-order valence-electron chi connectivity index (χ2n) is 4.84. The van der Waals surface area contributed by atoms with Crippen molar-refractivity contribution in [3.05, 3.63) is 53.6 Å². The van der Waals surface area contributed by atoms with Gasteiger partial charge in [0.1, 0.15) is 0 Å². The third-order valence-electron chi connectivity index (χ3n) is 3.41. The van der Waals surface area contributed by atoms with Crippen LogP contribution in [0.5, 0.6) is 0 Å². The van der Waals surface area contributed by atoms with E-state index < -0.39 is 0 Å². The van der Waals surface area contributed by atoms with Gasteiger partial charge in [0.25, 0.3) is 0 Å². The van der Waals surface area contributed by atoms with Crippen molar-refractivity contribution in [2.45, 2.75) is 33.1 Å². The molecule has 1 heteroatoms. The summed E-state index contributed by atoms with van der Waals surface area (Å²) in [5.41, 5.74) is 5.40. The molecule has 0 radical (unpaired) electrons. The summed E-state index contributed by atoms with van der Waals surface area (Å²) in [5.74, 6) is 0. The van der Waals surface area contributed by atoms with Gasteiger partial charge in [-0.3, -0.25) is 0 Å². The molecule has 0 fully saturated rings. The average Bonchev–Trinajstić information content (AvgIpc) is 2.40. The molecular weight excluding hydrogens is 235 g/mol. The molecule has 94 valence electrons. The molecule has 0 bridgehead atoms. The topological polar surface area (TPSA) is 0 Å².